The molecule has 0 aliphatic carbocycles. The molecule has 0 spiro atoms. The van der Waals surface area contributed by atoms with Gasteiger partial charge in [-0.25, -0.2) is 0 Å². The van der Waals surface area contributed by atoms with E-state index in [1.54, 1.807) is 0 Å². The third kappa shape index (κ3) is 6.00. The van der Waals surface area contributed by atoms with Crippen LogP contribution in [0.1, 0.15) is 13.8 Å². The van der Waals surface area contributed by atoms with E-state index in [0.717, 1.165) is 30.0 Å². The molecule has 0 radical (unpaired) electrons. The van der Waals surface area contributed by atoms with E-state index in [2.05, 4.69) is 18.7 Å². The largest absolute Gasteiger partial charge is 0.473 e. The lowest BCUT2D eigenvalue weighted by Crippen LogP contribution is -2.32. The highest BCUT2D eigenvalue weighted by Crippen LogP contribution is 2.33. The Morgan fingerprint density at radius 3 is 2.30 bits per heavy atom. The second-order valence-electron chi connectivity index (χ2n) is 5.02. The van der Waals surface area contributed by atoms with Crippen molar-refractivity contribution in [3.05, 3.63) is 53.6 Å². The zero-order valence-electron chi connectivity index (χ0n) is 13.3. The molecule has 0 amide bonds. The summed E-state index contributed by atoms with van der Waals surface area (Å²) in [6, 6.07) is 15.7. The molecule has 1 atom stereocenters. The number of nitrogens with zero attached hydrogens (tertiary/aromatic N) is 1. The van der Waals surface area contributed by atoms with E-state index in [-0.39, 0.29) is 17.0 Å². The normalized spacial score (nSPS) is 11.9. The van der Waals surface area contributed by atoms with E-state index in [1.165, 1.54) is 0 Å². The molecule has 0 saturated heterocycles. The monoisotopic (exact) mass is 417 g/mol. The van der Waals surface area contributed by atoms with Crippen molar-refractivity contribution >= 4 is 40.2 Å². The van der Waals surface area contributed by atoms with Gasteiger partial charge in [0, 0.05) is 17.1 Å². The molecule has 2 aromatic rings. The Hall–Kier alpha value is -0.740. The van der Waals surface area contributed by atoms with Gasteiger partial charge in [0.25, 0.3) is 0 Å². The average Bonchev–Trinajstić information content (AvgIpc) is 2.55. The van der Waals surface area contributed by atoms with Gasteiger partial charge in [-0.1, -0.05) is 67.4 Å². The standard InChI is InChI=1S/C18H21Cl2NO.BrH/c1-3-21(4-2)13-18(20)22-17-11-10-15(19)12-16(17)14-8-6-5-7-9-14;/h5-12,18H,3-4,13H2,1-2H3;1H. The number of halogens is 3. The molecule has 0 heterocycles. The molecule has 2 rings (SSSR count). The van der Waals surface area contributed by atoms with Crippen LogP contribution in [-0.2, 0) is 0 Å². The summed E-state index contributed by atoms with van der Waals surface area (Å²) in [6.07, 6.45) is 0. The Balaban J connectivity index is 0.00000264. The maximum Gasteiger partial charge on any atom is 0.184 e. The van der Waals surface area contributed by atoms with Crippen molar-refractivity contribution in [1.29, 1.82) is 0 Å². The second-order valence-corrected chi connectivity index (χ2v) is 5.94. The Kier molecular flexibility index (Phi) is 9.00. The number of hydrogen-bond donors (Lipinski definition) is 0. The Bertz CT molecular complexity index is 591. The predicted molar refractivity (Wildman–Crippen MR) is 105 cm³/mol. The van der Waals surface area contributed by atoms with Crippen LogP contribution in [0.4, 0.5) is 0 Å². The lowest BCUT2D eigenvalue weighted by atomic mass is 10.0. The molecule has 0 aliphatic heterocycles. The van der Waals surface area contributed by atoms with E-state index in [0.29, 0.717) is 11.6 Å². The minimum Gasteiger partial charge on any atom is -0.473 e. The molecule has 1 unspecified atom stereocenters. The first kappa shape index (κ1) is 20.3. The van der Waals surface area contributed by atoms with Crippen molar-refractivity contribution in [2.45, 2.75) is 19.4 Å². The molecular formula is C18H22BrCl2NO. The molecule has 2 aromatic carbocycles. The van der Waals surface area contributed by atoms with Gasteiger partial charge >= 0.3 is 0 Å². The summed E-state index contributed by atoms with van der Waals surface area (Å²) in [7, 11) is 0. The fourth-order valence-corrected chi connectivity index (χ4v) is 2.77. The molecule has 5 heteroatoms. The fourth-order valence-electron chi connectivity index (χ4n) is 2.31. The van der Waals surface area contributed by atoms with E-state index in [1.807, 2.05) is 48.5 Å². The third-order valence-electron chi connectivity index (χ3n) is 3.58. The first-order chi connectivity index (χ1) is 10.6. The first-order valence-corrected chi connectivity index (χ1v) is 8.33. The van der Waals surface area contributed by atoms with Gasteiger partial charge < -0.3 is 4.74 Å². The molecule has 23 heavy (non-hydrogen) atoms. The molecule has 0 aliphatic rings. The Labute approximate surface area is 159 Å². The number of rotatable bonds is 7. The molecule has 0 aromatic heterocycles. The maximum atomic E-state index is 6.37. The average molecular weight is 419 g/mol. The van der Waals surface area contributed by atoms with Gasteiger partial charge in [0.15, 0.2) is 5.56 Å². The summed E-state index contributed by atoms with van der Waals surface area (Å²) < 4.78 is 5.95. The van der Waals surface area contributed by atoms with Crippen LogP contribution in [0, 0.1) is 0 Å². The number of likely N-dealkylation sites (N-methyl/N-ethyl adjacent to an activating group) is 1. The number of ether oxygens (including phenoxy) is 1. The lowest BCUT2D eigenvalue weighted by molar-refractivity contribution is 0.196. The summed E-state index contributed by atoms with van der Waals surface area (Å²) in [5.41, 5.74) is 1.62. The van der Waals surface area contributed by atoms with Crippen LogP contribution in [0.3, 0.4) is 0 Å². The Morgan fingerprint density at radius 1 is 1.04 bits per heavy atom. The highest BCUT2D eigenvalue weighted by Gasteiger charge is 2.14. The Morgan fingerprint density at radius 2 is 1.70 bits per heavy atom. The minimum absolute atomic E-state index is 0. The van der Waals surface area contributed by atoms with Crippen LogP contribution in [0.5, 0.6) is 5.75 Å². The summed E-state index contributed by atoms with van der Waals surface area (Å²) in [5.74, 6) is 0.753. The molecule has 2 nitrogen and oxygen atoms in total. The molecule has 0 saturated carbocycles. The van der Waals surface area contributed by atoms with Crippen LogP contribution >= 0.6 is 40.2 Å². The SMILES string of the molecule is Br.CCN(CC)CC(Cl)Oc1ccc(Cl)cc1-c1ccccc1. The highest BCUT2D eigenvalue weighted by atomic mass is 79.9. The zero-order valence-corrected chi connectivity index (χ0v) is 16.6. The van der Waals surface area contributed by atoms with Crippen molar-refractivity contribution < 1.29 is 4.74 Å². The maximum absolute atomic E-state index is 6.37. The van der Waals surface area contributed by atoms with Crippen LogP contribution in [0.15, 0.2) is 48.5 Å². The quantitative estimate of drug-likeness (QED) is 0.521. The molecular weight excluding hydrogens is 397 g/mol. The topological polar surface area (TPSA) is 12.5 Å². The van der Waals surface area contributed by atoms with Crippen molar-refractivity contribution in [1.82, 2.24) is 4.90 Å². The van der Waals surface area contributed by atoms with E-state index >= 15 is 0 Å². The fraction of sp³-hybridized carbons (Fsp3) is 0.333. The second kappa shape index (κ2) is 10.2. The third-order valence-corrected chi connectivity index (χ3v) is 4.04. The molecule has 0 N–H and O–H groups in total. The van der Waals surface area contributed by atoms with Crippen LogP contribution < -0.4 is 4.74 Å². The van der Waals surface area contributed by atoms with Gasteiger partial charge in [-0.2, -0.15) is 0 Å². The van der Waals surface area contributed by atoms with E-state index in [9.17, 15) is 0 Å². The summed E-state index contributed by atoms with van der Waals surface area (Å²) in [5, 5.41) is 0.682. The smallest absolute Gasteiger partial charge is 0.184 e. The van der Waals surface area contributed by atoms with E-state index in [4.69, 9.17) is 27.9 Å². The number of benzene rings is 2. The van der Waals surface area contributed by atoms with Gasteiger partial charge in [-0.3, -0.25) is 4.90 Å². The minimum atomic E-state index is -0.400. The van der Waals surface area contributed by atoms with Crippen LogP contribution in [0.2, 0.25) is 5.02 Å². The van der Waals surface area contributed by atoms with Gasteiger partial charge in [-0.15, -0.1) is 17.0 Å². The first-order valence-electron chi connectivity index (χ1n) is 7.52. The van der Waals surface area contributed by atoms with Gasteiger partial charge in [0.2, 0.25) is 0 Å². The summed E-state index contributed by atoms with van der Waals surface area (Å²) in [4.78, 5) is 2.23. The molecule has 126 valence electrons. The molecule has 0 bridgehead atoms. The van der Waals surface area contributed by atoms with E-state index < -0.39 is 5.56 Å². The van der Waals surface area contributed by atoms with Crippen LogP contribution in [-0.4, -0.2) is 30.1 Å². The zero-order chi connectivity index (χ0) is 15.9. The summed E-state index contributed by atoms with van der Waals surface area (Å²) in [6.45, 7) is 6.82. The van der Waals surface area contributed by atoms with Crippen molar-refractivity contribution in [3.8, 4) is 16.9 Å². The van der Waals surface area contributed by atoms with Gasteiger partial charge in [0.05, 0.1) is 0 Å². The predicted octanol–water partition coefficient (Wildman–Crippen LogP) is 5.87. The van der Waals surface area contributed by atoms with Gasteiger partial charge in [0.1, 0.15) is 5.75 Å². The number of hydrogen-bond acceptors (Lipinski definition) is 2. The highest BCUT2D eigenvalue weighted by molar-refractivity contribution is 8.93. The summed E-state index contributed by atoms with van der Waals surface area (Å²) >= 11 is 12.5. The van der Waals surface area contributed by atoms with Gasteiger partial charge in [-0.05, 0) is 36.9 Å². The van der Waals surface area contributed by atoms with Crippen LogP contribution in [0.25, 0.3) is 11.1 Å². The van der Waals surface area contributed by atoms with Crippen molar-refractivity contribution in [3.63, 3.8) is 0 Å². The number of alkyl halides is 1. The molecule has 0 fully saturated rings. The lowest BCUT2D eigenvalue weighted by Gasteiger charge is -2.23. The van der Waals surface area contributed by atoms with Crippen molar-refractivity contribution in [2.24, 2.45) is 0 Å². The van der Waals surface area contributed by atoms with Crippen molar-refractivity contribution in [2.75, 3.05) is 19.6 Å².